The van der Waals surface area contributed by atoms with E-state index >= 15 is 0 Å². The molecular weight excluding hydrogens is 310 g/mol. The van der Waals surface area contributed by atoms with Gasteiger partial charge in [-0.25, -0.2) is 0 Å². The van der Waals surface area contributed by atoms with E-state index < -0.39 is 5.79 Å². The fourth-order valence-electron chi connectivity index (χ4n) is 2.98. The van der Waals surface area contributed by atoms with Crippen LogP contribution in [0.3, 0.4) is 0 Å². The maximum absolute atomic E-state index is 6.33. The minimum absolute atomic E-state index is 0.527. The largest absolute Gasteiger partial charge is 0.387 e. The summed E-state index contributed by atoms with van der Waals surface area (Å²) in [6.07, 6.45) is 10.0. The third-order valence-electron chi connectivity index (χ3n) is 4.41. The molecule has 0 aliphatic heterocycles. The number of methoxy groups -OCH3 is 2. The molecule has 1 aliphatic rings. The van der Waals surface area contributed by atoms with Gasteiger partial charge in [0.25, 0.3) is 0 Å². The highest BCUT2D eigenvalue weighted by Crippen LogP contribution is 2.41. The molecule has 0 spiro atoms. The monoisotopic (exact) mass is 331 g/mol. The molecule has 0 radical (unpaired) electrons. The molecule has 2 rings (SSSR count). The van der Waals surface area contributed by atoms with Gasteiger partial charge in [-0.2, -0.15) is 0 Å². The first-order chi connectivity index (χ1) is 11.0. The van der Waals surface area contributed by atoms with Gasteiger partial charge in [-0.3, -0.25) is 0 Å². The topological polar surface area (TPSA) is 30.5 Å². The number of hydrogen-bond acceptors (Lipinski definition) is 3. The van der Waals surface area contributed by atoms with Crippen LogP contribution in [-0.4, -0.2) is 27.1 Å². The van der Waals surface area contributed by atoms with E-state index in [9.17, 15) is 0 Å². The summed E-state index contributed by atoms with van der Waals surface area (Å²) in [5.74, 6) is 2.05. The van der Waals surface area contributed by atoms with Crippen LogP contribution in [0.1, 0.15) is 30.4 Å². The highest BCUT2D eigenvalue weighted by atomic mass is 35.5. The molecule has 23 heavy (non-hydrogen) atoms. The van der Waals surface area contributed by atoms with Gasteiger partial charge in [0.2, 0.25) is 0 Å². The van der Waals surface area contributed by atoms with E-state index in [1.807, 2.05) is 19.2 Å². The van der Waals surface area contributed by atoms with Crippen LogP contribution in [0.2, 0.25) is 5.02 Å². The van der Waals surface area contributed by atoms with Crippen LogP contribution < -0.4 is 5.32 Å². The SMILES string of the molecule is C#CC(=C)c1c(Cl)ccc(C2=CCC(OC)(OC)CC2)c1NC. The van der Waals surface area contributed by atoms with E-state index in [1.54, 1.807) is 14.2 Å². The zero-order valence-electron chi connectivity index (χ0n) is 13.8. The highest BCUT2D eigenvalue weighted by molar-refractivity contribution is 6.33. The predicted molar refractivity (Wildman–Crippen MR) is 97.4 cm³/mol. The number of rotatable bonds is 5. The maximum atomic E-state index is 6.33. The summed E-state index contributed by atoms with van der Waals surface area (Å²) in [6.45, 7) is 3.93. The molecule has 4 heteroatoms. The zero-order chi connectivity index (χ0) is 17.0. The number of hydrogen-bond donors (Lipinski definition) is 1. The molecule has 1 aromatic carbocycles. The van der Waals surface area contributed by atoms with Crippen LogP contribution in [0, 0.1) is 12.3 Å². The van der Waals surface area contributed by atoms with Gasteiger partial charge in [0.05, 0.1) is 10.7 Å². The lowest BCUT2D eigenvalue weighted by atomic mass is 9.87. The van der Waals surface area contributed by atoms with Gasteiger partial charge in [0.15, 0.2) is 5.79 Å². The Morgan fingerprint density at radius 1 is 1.39 bits per heavy atom. The van der Waals surface area contributed by atoms with E-state index in [2.05, 4.69) is 23.9 Å². The molecule has 1 N–H and O–H groups in total. The predicted octanol–water partition coefficient (Wildman–Crippen LogP) is 4.58. The average Bonchev–Trinajstić information content (AvgIpc) is 2.60. The Balaban J connectivity index is 2.48. The Kier molecular flexibility index (Phi) is 5.54. The van der Waals surface area contributed by atoms with Gasteiger partial charge in [0, 0.05) is 50.8 Å². The van der Waals surface area contributed by atoms with Crippen LogP contribution in [0.15, 0.2) is 24.8 Å². The van der Waals surface area contributed by atoms with Crippen LogP contribution in [0.4, 0.5) is 5.69 Å². The van der Waals surface area contributed by atoms with E-state index in [-0.39, 0.29) is 0 Å². The fourth-order valence-corrected chi connectivity index (χ4v) is 3.25. The van der Waals surface area contributed by atoms with Crippen LogP contribution in [-0.2, 0) is 9.47 Å². The number of ether oxygens (including phenoxy) is 2. The van der Waals surface area contributed by atoms with Crippen molar-refractivity contribution in [2.45, 2.75) is 25.0 Å². The van der Waals surface area contributed by atoms with Gasteiger partial charge >= 0.3 is 0 Å². The number of halogens is 1. The van der Waals surface area contributed by atoms with Gasteiger partial charge in [0.1, 0.15) is 0 Å². The summed E-state index contributed by atoms with van der Waals surface area (Å²) in [5.41, 5.74) is 4.58. The molecule has 0 fully saturated rings. The van der Waals surface area contributed by atoms with Crippen molar-refractivity contribution in [3.8, 4) is 12.3 Å². The molecule has 0 unspecified atom stereocenters. The Hall–Kier alpha value is -1.73. The molecule has 0 bridgehead atoms. The first-order valence-electron chi connectivity index (χ1n) is 7.47. The van der Waals surface area contributed by atoms with Crippen molar-refractivity contribution in [2.24, 2.45) is 0 Å². The summed E-state index contributed by atoms with van der Waals surface area (Å²) in [5, 5.41) is 3.82. The molecular formula is C19H22ClNO2. The van der Waals surface area contributed by atoms with Gasteiger partial charge < -0.3 is 14.8 Å². The molecule has 122 valence electrons. The van der Waals surface area contributed by atoms with Crippen molar-refractivity contribution in [2.75, 3.05) is 26.6 Å². The highest BCUT2D eigenvalue weighted by Gasteiger charge is 2.32. The summed E-state index contributed by atoms with van der Waals surface area (Å²) >= 11 is 6.33. The third kappa shape index (κ3) is 3.30. The molecule has 0 heterocycles. The lowest BCUT2D eigenvalue weighted by Crippen LogP contribution is -2.35. The normalized spacial score (nSPS) is 16.4. The second-order valence-electron chi connectivity index (χ2n) is 5.47. The molecule has 1 aliphatic carbocycles. The molecule has 0 aromatic heterocycles. The average molecular weight is 332 g/mol. The van der Waals surface area contributed by atoms with Crippen molar-refractivity contribution >= 4 is 28.4 Å². The van der Waals surface area contributed by atoms with Gasteiger partial charge in [-0.1, -0.05) is 36.2 Å². The Morgan fingerprint density at radius 3 is 2.57 bits per heavy atom. The number of terminal acetylenes is 1. The van der Waals surface area contributed by atoms with Crippen molar-refractivity contribution in [3.63, 3.8) is 0 Å². The number of anilines is 1. The van der Waals surface area contributed by atoms with E-state index in [0.717, 1.165) is 29.7 Å². The molecule has 1 aromatic rings. The first-order valence-corrected chi connectivity index (χ1v) is 7.85. The van der Waals surface area contributed by atoms with Crippen molar-refractivity contribution in [3.05, 3.63) is 40.9 Å². The van der Waals surface area contributed by atoms with Crippen LogP contribution in [0.25, 0.3) is 11.1 Å². The minimum atomic E-state index is -0.527. The molecule has 0 saturated carbocycles. The summed E-state index contributed by atoms with van der Waals surface area (Å²) < 4.78 is 11.0. The van der Waals surface area contributed by atoms with Crippen molar-refractivity contribution in [1.29, 1.82) is 0 Å². The van der Waals surface area contributed by atoms with Crippen LogP contribution in [0.5, 0.6) is 0 Å². The number of allylic oxidation sites excluding steroid dienone is 2. The molecule has 3 nitrogen and oxygen atoms in total. The first kappa shape index (κ1) is 17.6. The van der Waals surface area contributed by atoms with Gasteiger partial charge in [-0.15, -0.1) is 6.42 Å². The smallest absolute Gasteiger partial charge is 0.171 e. The van der Waals surface area contributed by atoms with Crippen molar-refractivity contribution in [1.82, 2.24) is 0 Å². The third-order valence-corrected chi connectivity index (χ3v) is 4.72. The maximum Gasteiger partial charge on any atom is 0.171 e. The standard InChI is InChI=1S/C19H22ClNO2/c1-6-13(2)17-16(20)8-7-15(18(17)21-3)14-9-11-19(22-4,23-5)12-10-14/h1,7-9,21H,2,10-12H2,3-5H3. The van der Waals surface area contributed by atoms with Gasteiger partial charge in [-0.05, 0) is 18.1 Å². The fraction of sp³-hybridized carbons (Fsp3) is 0.368. The minimum Gasteiger partial charge on any atom is -0.387 e. The Morgan fingerprint density at radius 2 is 2.09 bits per heavy atom. The Bertz CT molecular complexity index is 681. The van der Waals surface area contributed by atoms with E-state index in [1.165, 1.54) is 5.57 Å². The quantitative estimate of drug-likeness (QED) is 0.632. The lowest BCUT2D eigenvalue weighted by Gasteiger charge is -2.34. The van der Waals surface area contributed by atoms with Crippen LogP contribution >= 0.6 is 11.6 Å². The second-order valence-corrected chi connectivity index (χ2v) is 5.88. The summed E-state index contributed by atoms with van der Waals surface area (Å²) in [7, 11) is 5.22. The number of nitrogens with one attached hydrogen (secondary N) is 1. The molecule has 0 atom stereocenters. The molecule has 0 saturated heterocycles. The number of benzene rings is 1. The Labute approximate surface area is 143 Å². The van der Waals surface area contributed by atoms with E-state index in [4.69, 9.17) is 27.5 Å². The van der Waals surface area contributed by atoms with E-state index in [0.29, 0.717) is 17.0 Å². The van der Waals surface area contributed by atoms with Crippen molar-refractivity contribution < 1.29 is 9.47 Å². The summed E-state index contributed by atoms with van der Waals surface area (Å²) in [6, 6.07) is 3.88. The zero-order valence-corrected chi connectivity index (χ0v) is 14.6. The molecule has 0 amide bonds. The lowest BCUT2D eigenvalue weighted by molar-refractivity contribution is -0.208. The second kappa shape index (κ2) is 7.23. The summed E-state index contributed by atoms with van der Waals surface area (Å²) in [4.78, 5) is 0.